The van der Waals surface area contributed by atoms with Gasteiger partial charge < -0.3 is 10.2 Å². The van der Waals surface area contributed by atoms with Gasteiger partial charge in [0.2, 0.25) is 11.8 Å². The highest BCUT2D eigenvalue weighted by molar-refractivity contribution is 7.92. The molecule has 0 aliphatic carbocycles. The van der Waals surface area contributed by atoms with E-state index in [4.69, 9.17) is 11.6 Å². The minimum absolute atomic E-state index is 0.0534. The summed E-state index contributed by atoms with van der Waals surface area (Å²) in [7, 11) is -4.16. The van der Waals surface area contributed by atoms with E-state index in [1.807, 2.05) is 65.8 Å². The summed E-state index contributed by atoms with van der Waals surface area (Å²) < 4.78 is 29.0. The molecule has 214 valence electrons. The van der Waals surface area contributed by atoms with Gasteiger partial charge in [0, 0.05) is 17.6 Å². The van der Waals surface area contributed by atoms with Crippen molar-refractivity contribution in [3.05, 3.63) is 94.0 Å². The van der Waals surface area contributed by atoms with Crippen LogP contribution in [0.3, 0.4) is 0 Å². The van der Waals surface area contributed by atoms with E-state index in [0.29, 0.717) is 11.4 Å². The molecule has 1 atom stereocenters. The summed E-state index contributed by atoms with van der Waals surface area (Å²) in [6.07, 6.45) is 0.358. The second-order valence-corrected chi connectivity index (χ2v) is 12.6. The molecular formula is C31H38ClN3O4S. The Morgan fingerprint density at radius 1 is 0.925 bits per heavy atom. The van der Waals surface area contributed by atoms with E-state index in [1.165, 1.54) is 17.0 Å². The minimum Gasteiger partial charge on any atom is -0.352 e. The van der Waals surface area contributed by atoms with E-state index in [0.717, 1.165) is 26.6 Å². The zero-order valence-electron chi connectivity index (χ0n) is 23.9. The summed E-state index contributed by atoms with van der Waals surface area (Å²) in [5.74, 6) is -0.785. The van der Waals surface area contributed by atoms with Gasteiger partial charge >= 0.3 is 0 Å². The van der Waals surface area contributed by atoms with Gasteiger partial charge in [-0.1, -0.05) is 66.6 Å². The lowest BCUT2D eigenvalue weighted by atomic mass is 10.1. The molecule has 0 bridgehead atoms. The number of aryl methyl sites for hydroxylation is 3. The van der Waals surface area contributed by atoms with Gasteiger partial charge in [0.15, 0.2) is 0 Å². The number of halogens is 1. The Bertz CT molecular complexity index is 1460. The largest absolute Gasteiger partial charge is 0.352 e. The average Bonchev–Trinajstić information content (AvgIpc) is 2.89. The number of rotatable bonds is 11. The van der Waals surface area contributed by atoms with Crippen LogP contribution in [0.5, 0.6) is 0 Å². The van der Waals surface area contributed by atoms with Gasteiger partial charge in [-0.2, -0.15) is 0 Å². The summed E-state index contributed by atoms with van der Waals surface area (Å²) in [5.41, 5.74) is 3.79. The molecule has 0 saturated heterocycles. The SMILES string of the molecule is CC[C@H](C(=O)NC(C)C)N(Cc1ccccc1C)C(=O)CN(c1ccc(C)c(Cl)c1)S(=O)(=O)c1ccc(C)cc1. The molecule has 3 aromatic carbocycles. The van der Waals surface area contributed by atoms with E-state index >= 15 is 0 Å². The number of sulfonamides is 1. The van der Waals surface area contributed by atoms with Crippen LogP contribution in [0.25, 0.3) is 0 Å². The van der Waals surface area contributed by atoms with E-state index in [1.54, 1.807) is 30.3 Å². The van der Waals surface area contributed by atoms with Crippen molar-refractivity contribution in [1.29, 1.82) is 0 Å². The number of hydrogen-bond acceptors (Lipinski definition) is 4. The molecule has 0 aliphatic rings. The lowest BCUT2D eigenvalue weighted by Gasteiger charge is -2.34. The van der Waals surface area contributed by atoms with Crippen molar-refractivity contribution in [2.75, 3.05) is 10.8 Å². The van der Waals surface area contributed by atoms with Crippen LogP contribution in [-0.4, -0.2) is 43.8 Å². The van der Waals surface area contributed by atoms with Crippen LogP contribution >= 0.6 is 11.6 Å². The van der Waals surface area contributed by atoms with E-state index in [2.05, 4.69) is 5.32 Å². The third-order valence-electron chi connectivity index (χ3n) is 6.75. The van der Waals surface area contributed by atoms with Crippen LogP contribution in [-0.2, 0) is 26.2 Å². The van der Waals surface area contributed by atoms with Crippen molar-refractivity contribution >= 4 is 39.1 Å². The Morgan fingerprint density at radius 3 is 2.15 bits per heavy atom. The van der Waals surface area contributed by atoms with Crippen molar-refractivity contribution in [3.8, 4) is 0 Å². The quantitative estimate of drug-likeness (QED) is 0.309. The first-order valence-corrected chi connectivity index (χ1v) is 15.2. The van der Waals surface area contributed by atoms with Crippen molar-refractivity contribution in [2.45, 2.75) is 71.5 Å². The fourth-order valence-electron chi connectivity index (χ4n) is 4.37. The molecule has 0 spiro atoms. The number of nitrogens with zero attached hydrogens (tertiary/aromatic N) is 2. The maximum atomic E-state index is 14.1. The van der Waals surface area contributed by atoms with Crippen LogP contribution in [0.2, 0.25) is 5.02 Å². The monoisotopic (exact) mass is 583 g/mol. The molecule has 0 heterocycles. The van der Waals surface area contributed by atoms with E-state index in [9.17, 15) is 18.0 Å². The molecule has 9 heteroatoms. The van der Waals surface area contributed by atoms with Crippen LogP contribution in [0, 0.1) is 20.8 Å². The van der Waals surface area contributed by atoms with Gasteiger partial charge in [0.1, 0.15) is 12.6 Å². The number of benzene rings is 3. The highest BCUT2D eigenvalue weighted by atomic mass is 35.5. The van der Waals surface area contributed by atoms with Gasteiger partial charge in [0.25, 0.3) is 10.0 Å². The third kappa shape index (κ3) is 7.43. The number of anilines is 1. The molecule has 1 N–H and O–H groups in total. The van der Waals surface area contributed by atoms with E-state index < -0.39 is 28.5 Å². The first kappa shape index (κ1) is 31.2. The predicted molar refractivity (Wildman–Crippen MR) is 161 cm³/mol. The first-order chi connectivity index (χ1) is 18.8. The van der Waals surface area contributed by atoms with Crippen LogP contribution < -0.4 is 9.62 Å². The summed E-state index contributed by atoms with van der Waals surface area (Å²) in [6.45, 7) is 10.8. The first-order valence-electron chi connectivity index (χ1n) is 13.3. The Balaban J connectivity index is 2.10. The topological polar surface area (TPSA) is 86.8 Å². The fraction of sp³-hybridized carbons (Fsp3) is 0.355. The Hall–Kier alpha value is -3.36. The molecule has 0 saturated carbocycles. The zero-order chi connectivity index (χ0) is 29.6. The molecular weight excluding hydrogens is 546 g/mol. The molecule has 0 radical (unpaired) electrons. The van der Waals surface area contributed by atoms with Crippen molar-refractivity contribution < 1.29 is 18.0 Å². The highest BCUT2D eigenvalue weighted by Crippen LogP contribution is 2.29. The molecule has 3 rings (SSSR count). The molecule has 0 fully saturated rings. The molecule has 0 unspecified atom stereocenters. The molecule has 40 heavy (non-hydrogen) atoms. The Kier molecular flexibility index (Phi) is 10.4. The van der Waals surface area contributed by atoms with Crippen molar-refractivity contribution in [2.24, 2.45) is 0 Å². The summed E-state index contributed by atoms with van der Waals surface area (Å²) >= 11 is 6.39. The lowest BCUT2D eigenvalue weighted by Crippen LogP contribution is -2.53. The highest BCUT2D eigenvalue weighted by Gasteiger charge is 2.34. The number of hydrogen-bond donors (Lipinski definition) is 1. The second kappa shape index (κ2) is 13.3. The van der Waals surface area contributed by atoms with Crippen molar-refractivity contribution in [3.63, 3.8) is 0 Å². The smallest absolute Gasteiger partial charge is 0.264 e. The van der Waals surface area contributed by atoms with Gasteiger partial charge in [-0.15, -0.1) is 0 Å². The number of nitrogens with one attached hydrogen (secondary N) is 1. The van der Waals surface area contributed by atoms with Gasteiger partial charge in [-0.25, -0.2) is 8.42 Å². The standard InChI is InChI=1S/C31H38ClN3O4S/c1-7-29(31(37)33-21(2)3)34(19-25-11-9-8-10-23(25)5)30(36)20-35(26-15-14-24(6)28(32)18-26)40(38,39)27-16-12-22(4)13-17-27/h8-18,21,29H,7,19-20H2,1-6H3,(H,33,37)/t29-/m1/s1. The van der Waals surface area contributed by atoms with Crippen molar-refractivity contribution in [1.82, 2.24) is 10.2 Å². The summed E-state index contributed by atoms with van der Waals surface area (Å²) in [5, 5.41) is 3.29. The molecule has 3 aromatic rings. The van der Waals surface area contributed by atoms with Gasteiger partial charge in [0.05, 0.1) is 10.6 Å². The summed E-state index contributed by atoms with van der Waals surface area (Å²) in [6, 6.07) is 18.1. The minimum atomic E-state index is -4.16. The number of carbonyl (C=O) groups is 2. The molecule has 0 aliphatic heterocycles. The fourth-order valence-corrected chi connectivity index (χ4v) is 5.96. The average molecular weight is 584 g/mol. The molecule has 0 aromatic heterocycles. The number of amides is 2. The maximum absolute atomic E-state index is 14.1. The van der Waals surface area contributed by atoms with Crippen LogP contribution in [0.4, 0.5) is 5.69 Å². The zero-order valence-corrected chi connectivity index (χ0v) is 25.5. The Morgan fingerprint density at radius 2 is 1.57 bits per heavy atom. The normalized spacial score (nSPS) is 12.2. The summed E-state index contributed by atoms with van der Waals surface area (Å²) in [4.78, 5) is 28.9. The third-order valence-corrected chi connectivity index (χ3v) is 8.95. The second-order valence-electron chi connectivity index (χ2n) is 10.3. The van der Waals surface area contributed by atoms with Gasteiger partial charge in [-0.3, -0.25) is 13.9 Å². The van der Waals surface area contributed by atoms with Crippen LogP contribution in [0.15, 0.2) is 71.6 Å². The molecule has 2 amide bonds. The number of carbonyl (C=O) groups excluding carboxylic acids is 2. The molecule has 7 nitrogen and oxygen atoms in total. The lowest BCUT2D eigenvalue weighted by molar-refractivity contribution is -0.140. The van der Waals surface area contributed by atoms with Crippen LogP contribution in [0.1, 0.15) is 49.4 Å². The Labute approximate surface area is 243 Å². The van der Waals surface area contributed by atoms with E-state index in [-0.39, 0.29) is 29.1 Å². The van der Waals surface area contributed by atoms with Gasteiger partial charge in [-0.05, 0) is 82.0 Å². The maximum Gasteiger partial charge on any atom is 0.264 e. The predicted octanol–water partition coefficient (Wildman–Crippen LogP) is 5.79.